The Morgan fingerprint density at radius 1 is 0.971 bits per heavy atom. The number of phenolic OH excluding ortho intramolecular Hbond substituents is 1. The minimum atomic E-state index is -0.283. The van der Waals surface area contributed by atoms with Crippen molar-refractivity contribution in [2.24, 2.45) is 0 Å². The normalized spacial score (nSPS) is 11.9. The Morgan fingerprint density at radius 2 is 1.80 bits per heavy atom. The number of fused-ring (bicyclic) bond motifs is 2. The fraction of sp³-hybridized carbons (Fsp3) is 0.0741. The Balaban J connectivity index is 1.40. The Labute approximate surface area is 201 Å². The molecule has 0 saturated heterocycles. The minimum Gasteiger partial charge on any atom is -0.504 e. The molecule has 0 spiro atoms. The van der Waals surface area contributed by atoms with E-state index in [0.29, 0.717) is 40.5 Å². The first-order valence-corrected chi connectivity index (χ1v) is 10.9. The van der Waals surface area contributed by atoms with Gasteiger partial charge in [-0.25, -0.2) is 0 Å². The number of anilines is 3. The van der Waals surface area contributed by atoms with Crippen molar-refractivity contribution in [1.82, 2.24) is 10.3 Å². The number of hydrogen-bond acceptors (Lipinski definition) is 6. The second-order valence-corrected chi connectivity index (χ2v) is 8.03. The number of carbonyl (C=O) groups excluding carboxylic acids is 2. The molecular formula is C27H22N4O4. The Kier molecular flexibility index (Phi) is 5.76. The van der Waals surface area contributed by atoms with Gasteiger partial charge in [0, 0.05) is 24.5 Å². The molecule has 2 amide bonds. The molecule has 5 rings (SSSR count). The lowest BCUT2D eigenvalue weighted by Gasteiger charge is -2.12. The van der Waals surface area contributed by atoms with Crippen molar-refractivity contribution in [3.05, 3.63) is 95.8 Å². The van der Waals surface area contributed by atoms with Crippen LogP contribution in [0.15, 0.2) is 79.1 Å². The average Bonchev–Trinajstić information content (AvgIpc) is 3.02. The van der Waals surface area contributed by atoms with Crippen LogP contribution in [0.3, 0.4) is 0 Å². The lowest BCUT2D eigenvalue weighted by molar-refractivity contribution is 0.0949. The average molecular weight is 466 g/mol. The maximum atomic E-state index is 12.9. The van der Waals surface area contributed by atoms with Crippen molar-refractivity contribution in [2.75, 3.05) is 17.7 Å². The molecule has 2 heterocycles. The summed E-state index contributed by atoms with van der Waals surface area (Å²) in [5, 5.41) is 18.9. The third-order valence-electron chi connectivity index (χ3n) is 5.75. The molecule has 0 unspecified atom stereocenters. The highest BCUT2D eigenvalue weighted by Crippen LogP contribution is 2.37. The minimum absolute atomic E-state index is 0.0534. The molecule has 3 aromatic carbocycles. The van der Waals surface area contributed by atoms with Crippen LogP contribution in [0.2, 0.25) is 0 Å². The zero-order valence-corrected chi connectivity index (χ0v) is 18.8. The van der Waals surface area contributed by atoms with Crippen molar-refractivity contribution in [2.45, 2.75) is 6.54 Å². The Morgan fingerprint density at radius 3 is 2.60 bits per heavy atom. The highest BCUT2D eigenvalue weighted by Gasteiger charge is 2.21. The third kappa shape index (κ3) is 4.49. The largest absolute Gasteiger partial charge is 0.504 e. The molecule has 8 heteroatoms. The molecule has 0 bridgehead atoms. The van der Waals surface area contributed by atoms with Crippen LogP contribution < -0.4 is 20.7 Å². The van der Waals surface area contributed by atoms with E-state index in [4.69, 9.17) is 4.74 Å². The molecule has 4 aromatic rings. The first kappa shape index (κ1) is 22.0. The zero-order chi connectivity index (χ0) is 24.4. The Hall–Kier alpha value is -4.85. The van der Waals surface area contributed by atoms with Gasteiger partial charge in [-0.1, -0.05) is 18.2 Å². The fourth-order valence-corrected chi connectivity index (χ4v) is 3.90. The molecule has 0 saturated carbocycles. The van der Waals surface area contributed by atoms with Crippen LogP contribution in [-0.4, -0.2) is 29.0 Å². The van der Waals surface area contributed by atoms with Crippen LogP contribution in [0, 0.1) is 0 Å². The summed E-state index contributed by atoms with van der Waals surface area (Å²) in [6, 6.07) is 19.3. The number of pyridine rings is 1. The fourth-order valence-electron chi connectivity index (χ4n) is 3.90. The van der Waals surface area contributed by atoms with Crippen molar-refractivity contribution >= 4 is 28.9 Å². The number of ether oxygens (including phenoxy) is 1. The van der Waals surface area contributed by atoms with Crippen molar-refractivity contribution in [3.63, 3.8) is 0 Å². The lowest BCUT2D eigenvalue weighted by atomic mass is 10.0. The maximum Gasteiger partial charge on any atom is 0.257 e. The monoisotopic (exact) mass is 466 g/mol. The van der Waals surface area contributed by atoms with Gasteiger partial charge in [-0.05, 0) is 65.2 Å². The predicted molar refractivity (Wildman–Crippen MR) is 133 cm³/mol. The van der Waals surface area contributed by atoms with Gasteiger partial charge in [0.1, 0.15) is 0 Å². The molecule has 35 heavy (non-hydrogen) atoms. The number of methoxy groups -OCH3 is 1. The number of aromatic hydroxyl groups is 1. The van der Waals surface area contributed by atoms with Crippen LogP contribution in [0.4, 0.5) is 17.1 Å². The Bertz CT molecular complexity index is 1440. The standard InChI is InChI=1S/C27H22N4O4/c1-35-25-13-18(6-9-24(25)32)17-4-7-20-22(11-17)30-21-8-5-19(12-23(21)31-27(20)34)26(33)29-15-16-3-2-10-28-14-16/h2-14,30,32H,15H2,1H3,(H,29,33)(H,31,34). The first-order valence-electron chi connectivity index (χ1n) is 10.9. The van der Waals surface area contributed by atoms with E-state index in [1.54, 1.807) is 54.9 Å². The molecule has 0 fully saturated rings. The number of rotatable bonds is 5. The second-order valence-electron chi connectivity index (χ2n) is 8.03. The molecular weight excluding hydrogens is 444 g/mol. The van der Waals surface area contributed by atoms with Crippen LogP contribution in [0.5, 0.6) is 11.5 Å². The van der Waals surface area contributed by atoms with Gasteiger partial charge >= 0.3 is 0 Å². The molecule has 0 radical (unpaired) electrons. The topological polar surface area (TPSA) is 113 Å². The van der Waals surface area contributed by atoms with Gasteiger partial charge in [0.25, 0.3) is 11.8 Å². The number of nitrogens with zero attached hydrogens (tertiary/aromatic N) is 1. The molecule has 1 aromatic heterocycles. The number of benzene rings is 3. The van der Waals surface area contributed by atoms with E-state index in [2.05, 4.69) is 20.9 Å². The van der Waals surface area contributed by atoms with Crippen LogP contribution in [0.25, 0.3) is 11.1 Å². The van der Waals surface area contributed by atoms with Gasteiger partial charge in [0.15, 0.2) is 11.5 Å². The smallest absolute Gasteiger partial charge is 0.257 e. The summed E-state index contributed by atoms with van der Waals surface area (Å²) in [5.74, 6) is -0.120. The predicted octanol–water partition coefficient (Wildman–Crippen LogP) is 4.70. The molecule has 1 aliphatic rings. The van der Waals surface area contributed by atoms with Gasteiger partial charge in [-0.3, -0.25) is 14.6 Å². The first-order chi connectivity index (χ1) is 17.0. The summed E-state index contributed by atoms with van der Waals surface area (Å²) in [7, 11) is 1.49. The highest BCUT2D eigenvalue weighted by molar-refractivity contribution is 6.13. The van der Waals surface area contributed by atoms with Gasteiger partial charge in [0.05, 0.1) is 29.7 Å². The number of carbonyl (C=O) groups is 2. The number of hydrogen-bond donors (Lipinski definition) is 4. The van der Waals surface area contributed by atoms with E-state index in [1.165, 1.54) is 7.11 Å². The molecule has 0 aliphatic carbocycles. The van der Waals surface area contributed by atoms with E-state index < -0.39 is 0 Å². The molecule has 174 valence electrons. The summed E-state index contributed by atoms with van der Waals surface area (Å²) in [6.07, 6.45) is 3.37. The van der Waals surface area contributed by atoms with Crippen molar-refractivity contribution < 1.29 is 19.4 Å². The lowest BCUT2D eigenvalue weighted by Crippen LogP contribution is -2.23. The van der Waals surface area contributed by atoms with Gasteiger partial charge in [-0.2, -0.15) is 0 Å². The van der Waals surface area contributed by atoms with Crippen LogP contribution >= 0.6 is 0 Å². The van der Waals surface area contributed by atoms with E-state index in [9.17, 15) is 14.7 Å². The van der Waals surface area contributed by atoms with Gasteiger partial charge < -0.3 is 25.8 Å². The quantitative estimate of drug-likeness (QED) is 0.339. The van der Waals surface area contributed by atoms with E-state index >= 15 is 0 Å². The third-order valence-corrected chi connectivity index (χ3v) is 5.75. The maximum absolute atomic E-state index is 12.9. The van der Waals surface area contributed by atoms with Gasteiger partial charge in [0.2, 0.25) is 0 Å². The number of phenols is 1. The van der Waals surface area contributed by atoms with Crippen molar-refractivity contribution in [3.8, 4) is 22.6 Å². The number of nitrogens with one attached hydrogen (secondary N) is 3. The van der Waals surface area contributed by atoms with E-state index in [-0.39, 0.29) is 17.6 Å². The summed E-state index contributed by atoms with van der Waals surface area (Å²) in [5.41, 5.74) is 5.26. The molecule has 4 N–H and O–H groups in total. The van der Waals surface area contributed by atoms with E-state index in [0.717, 1.165) is 16.7 Å². The zero-order valence-electron chi connectivity index (χ0n) is 18.8. The second kappa shape index (κ2) is 9.18. The molecule has 0 atom stereocenters. The number of aromatic nitrogens is 1. The summed E-state index contributed by atoms with van der Waals surface area (Å²) in [6.45, 7) is 0.352. The highest BCUT2D eigenvalue weighted by atomic mass is 16.5. The van der Waals surface area contributed by atoms with Crippen LogP contribution in [0.1, 0.15) is 26.3 Å². The van der Waals surface area contributed by atoms with Crippen LogP contribution in [-0.2, 0) is 6.54 Å². The van der Waals surface area contributed by atoms with E-state index in [1.807, 2.05) is 24.3 Å². The summed E-state index contributed by atoms with van der Waals surface area (Å²) >= 11 is 0. The van der Waals surface area contributed by atoms with Crippen molar-refractivity contribution in [1.29, 1.82) is 0 Å². The number of amides is 2. The summed E-state index contributed by atoms with van der Waals surface area (Å²) in [4.78, 5) is 29.7. The molecule has 8 nitrogen and oxygen atoms in total. The van der Waals surface area contributed by atoms with Gasteiger partial charge in [-0.15, -0.1) is 0 Å². The summed E-state index contributed by atoms with van der Waals surface area (Å²) < 4.78 is 5.21. The molecule has 1 aliphatic heterocycles. The SMILES string of the molecule is COc1cc(-c2ccc3c(c2)Nc2ccc(C(=O)NCc4cccnc4)cc2NC3=O)ccc1O.